The molecule has 1 aromatic heterocycles. The van der Waals surface area contributed by atoms with Crippen LogP contribution in [0.2, 0.25) is 0 Å². The molecule has 0 fully saturated rings. The summed E-state index contributed by atoms with van der Waals surface area (Å²) in [6, 6.07) is 8.79. The largest absolute Gasteiger partial charge is 0.337 e. The van der Waals surface area contributed by atoms with Gasteiger partial charge < -0.3 is 10.3 Å². The van der Waals surface area contributed by atoms with Gasteiger partial charge in [-0.25, -0.2) is 4.98 Å². The molecule has 0 saturated heterocycles. The molecule has 102 valence electrons. The molecule has 0 aliphatic carbocycles. The Labute approximate surface area is 115 Å². The molecule has 0 amide bonds. The van der Waals surface area contributed by atoms with Crippen LogP contribution in [0.5, 0.6) is 0 Å². The summed E-state index contributed by atoms with van der Waals surface area (Å²) in [5.41, 5.74) is 8.55. The van der Waals surface area contributed by atoms with Gasteiger partial charge in [-0.3, -0.25) is 0 Å². The zero-order chi connectivity index (χ0) is 13.8. The Hall–Kier alpha value is -1.61. The first kappa shape index (κ1) is 13.8. The summed E-state index contributed by atoms with van der Waals surface area (Å²) in [5.74, 6) is 1.89. The minimum absolute atomic E-state index is 0.174. The first-order valence-corrected chi connectivity index (χ1v) is 6.88. The monoisotopic (exact) mass is 257 g/mol. The predicted molar refractivity (Wildman–Crippen MR) is 79.1 cm³/mol. The average Bonchev–Trinajstić information content (AvgIpc) is 2.78. The van der Waals surface area contributed by atoms with Gasteiger partial charge in [-0.2, -0.15) is 0 Å². The molecule has 1 heterocycles. The van der Waals surface area contributed by atoms with Crippen molar-refractivity contribution in [2.75, 3.05) is 6.54 Å². The van der Waals surface area contributed by atoms with Gasteiger partial charge in [-0.05, 0) is 23.5 Å². The Morgan fingerprint density at radius 3 is 2.37 bits per heavy atom. The fourth-order valence-electron chi connectivity index (χ4n) is 2.46. The minimum Gasteiger partial charge on any atom is -0.337 e. The lowest BCUT2D eigenvalue weighted by Gasteiger charge is -2.16. The molecular weight excluding hydrogens is 234 g/mol. The highest BCUT2D eigenvalue weighted by atomic mass is 15.0. The SMILES string of the molecule is CC(C)Cc1ccc(C(CN)c2nccn2C)cc1. The summed E-state index contributed by atoms with van der Waals surface area (Å²) < 4.78 is 2.04. The molecule has 1 aromatic carbocycles. The second-order valence-corrected chi connectivity index (χ2v) is 5.52. The van der Waals surface area contributed by atoms with Crippen LogP contribution in [0, 0.1) is 5.92 Å². The number of hydrogen-bond donors (Lipinski definition) is 1. The average molecular weight is 257 g/mol. The molecule has 1 unspecified atom stereocenters. The highest BCUT2D eigenvalue weighted by molar-refractivity contribution is 5.30. The lowest BCUT2D eigenvalue weighted by atomic mass is 9.95. The Morgan fingerprint density at radius 2 is 1.89 bits per heavy atom. The standard InChI is InChI=1S/C16H23N3/c1-12(2)10-13-4-6-14(7-5-13)15(11-17)16-18-8-9-19(16)3/h4-9,12,15H,10-11,17H2,1-3H3. The Bertz CT molecular complexity index is 511. The summed E-state index contributed by atoms with van der Waals surface area (Å²) in [7, 11) is 2.01. The lowest BCUT2D eigenvalue weighted by molar-refractivity contribution is 0.646. The fourth-order valence-corrected chi connectivity index (χ4v) is 2.46. The molecule has 2 rings (SSSR count). The van der Waals surface area contributed by atoms with Crippen molar-refractivity contribution in [3.8, 4) is 0 Å². The zero-order valence-corrected chi connectivity index (χ0v) is 12.0. The molecule has 0 radical (unpaired) electrons. The first-order valence-electron chi connectivity index (χ1n) is 6.88. The number of hydrogen-bond acceptors (Lipinski definition) is 2. The second-order valence-electron chi connectivity index (χ2n) is 5.52. The van der Waals surface area contributed by atoms with E-state index in [2.05, 4.69) is 43.1 Å². The van der Waals surface area contributed by atoms with Crippen molar-refractivity contribution >= 4 is 0 Å². The molecule has 3 nitrogen and oxygen atoms in total. The van der Waals surface area contributed by atoms with Crippen LogP contribution in [-0.2, 0) is 13.5 Å². The van der Waals surface area contributed by atoms with E-state index >= 15 is 0 Å². The Balaban J connectivity index is 2.22. The Morgan fingerprint density at radius 1 is 1.21 bits per heavy atom. The lowest BCUT2D eigenvalue weighted by Crippen LogP contribution is -2.17. The summed E-state index contributed by atoms with van der Waals surface area (Å²) in [6.07, 6.45) is 4.91. The van der Waals surface area contributed by atoms with Crippen LogP contribution in [-0.4, -0.2) is 16.1 Å². The van der Waals surface area contributed by atoms with E-state index in [4.69, 9.17) is 5.73 Å². The van der Waals surface area contributed by atoms with E-state index in [0.717, 1.165) is 12.2 Å². The van der Waals surface area contributed by atoms with Crippen LogP contribution in [0.1, 0.15) is 36.7 Å². The van der Waals surface area contributed by atoms with Crippen LogP contribution in [0.3, 0.4) is 0 Å². The van der Waals surface area contributed by atoms with E-state index in [1.807, 2.05) is 24.0 Å². The molecule has 2 aromatic rings. The molecule has 3 heteroatoms. The molecule has 2 N–H and O–H groups in total. The molecule has 1 atom stereocenters. The smallest absolute Gasteiger partial charge is 0.117 e. The zero-order valence-electron chi connectivity index (χ0n) is 12.0. The predicted octanol–water partition coefficient (Wildman–Crippen LogP) is 2.71. The van der Waals surface area contributed by atoms with Crippen molar-refractivity contribution in [1.82, 2.24) is 9.55 Å². The van der Waals surface area contributed by atoms with E-state index in [1.54, 1.807) is 0 Å². The first-order chi connectivity index (χ1) is 9.11. The maximum absolute atomic E-state index is 5.93. The van der Waals surface area contributed by atoms with Crippen LogP contribution in [0.15, 0.2) is 36.7 Å². The van der Waals surface area contributed by atoms with E-state index in [9.17, 15) is 0 Å². The summed E-state index contributed by atoms with van der Waals surface area (Å²) in [4.78, 5) is 4.42. The van der Waals surface area contributed by atoms with Crippen molar-refractivity contribution in [3.05, 3.63) is 53.6 Å². The van der Waals surface area contributed by atoms with E-state index < -0.39 is 0 Å². The van der Waals surface area contributed by atoms with Gasteiger partial charge in [0.25, 0.3) is 0 Å². The van der Waals surface area contributed by atoms with Gasteiger partial charge >= 0.3 is 0 Å². The third kappa shape index (κ3) is 3.24. The van der Waals surface area contributed by atoms with Crippen LogP contribution in [0.4, 0.5) is 0 Å². The molecule has 0 spiro atoms. The van der Waals surface area contributed by atoms with Gasteiger partial charge in [0.15, 0.2) is 0 Å². The summed E-state index contributed by atoms with van der Waals surface area (Å²) in [5, 5.41) is 0. The highest BCUT2D eigenvalue weighted by Gasteiger charge is 2.16. The number of rotatable bonds is 5. The van der Waals surface area contributed by atoms with E-state index in [-0.39, 0.29) is 5.92 Å². The van der Waals surface area contributed by atoms with Gasteiger partial charge in [-0.1, -0.05) is 38.1 Å². The number of aryl methyl sites for hydroxylation is 1. The van der Waals surface area contributed by atoms with Gasteiger partial charge in [0.1, 0.15) is 5.82 Å². The second kappa shape index (κ2) is 6.02. The summed E-state index contributed by atoms with van der Waals surface area (Å²) in [6.45, 7) is 5.06. The van der Waals surface area contributed by atoms with Crippen LogP contribution >= 0.6 is 0 Å². The normalized spacial score (nSPS) is 12.9. The van der Waals surface area contributed by atoms with Gasteiger partial charge in [-0.15, -0.1) is 0 Å². The molecule has 0 aliphatic heterocycles. The van der Waals surface area contributed by atoms with Crippen LogP contribution in [0.25, 0.3) is 0 Å². The molecule has 19 heavy (non-hydrogen) atoms. The number of nitrogens with zero attached hydrogens (tertiary/aromatic N) is 2. The van der Waals surface area contributed by atoms with Crippen molar-refractivity contribution in [2.24, 2.45) is 18.7 Å². The Kier molecular flexibility index (Phi) is 4.38. The van der Waals surface area contributed by atoms with E-state index in [1.165, 1.54) is 11.1 Å². The van der Waals surface area contributed by atoms with E-state index in [0.29, 0.717) is 12.5 Å². The van der Waals surface area contributed by atoms with Gasteiger partial charge in [0.2, 0.25) is 0 Å². The third-order valence-electron chi connectivity index (χ3n) is 3.43. The van der Waals surface area contributed by atoms with Crippen LogP contribution < -0.4 is 5.73 Å². The van der Waals surface area contributed by atoms with Gasteiger partial charge in [0.05, 0.1) is 5.92 Å². The maximum atomic E-state index is 5.93. The maximum Gasteiger partial charge on any atom is 0.117 e. The number of aromatic nitrogens is 2. The van der Waals surface area contributed by atoms with Gasteiger partial charge in [0, 0.05) is 26.0 Å². The summed E-state index contributed by atoms with van der Waals surface area (Å²) >= 11 is 0. The number of imidazole rings is 1. The number of benzene rings is 1. The van der Waals surface area contributed by atoms with Crippen molar-refractivity contribution in [1.29, 1.82) is 0 Å². The third-order valence-corrected chi connectivity index (χ3v) is 3.43. The van der Waals surface area contributed by atoms with Crippen molar-refractivity contribution in [3.63, 3.8) is 0 Å². The fraction of sp³-hybridized carbons (Fsp3) is 0.438. The van der Waals surface area contributed by atoms with Crippen molar-refractivity contribution in [2.45, 2.75) is 26.2 Å². The molecule has 0 bridgehead atoms. The minimum atomic E-state index is 0.174. The molecule has 0 saturated carbocycles. The number of nitrogens with two attached hydrogens (primary N) is 1. The molecular formula is C16H23N3. The van der Waals surface area contributed by atoms with Crippen molar-refractivity contribution < 1.29 is 0 Å². The highest BCUT2D eigenvalue weighted by Crippen LogP contribution is 2.22. The topological polar surface area (TPSA) is 43.8 Å². The molecule has 0 aliphatic rings. The quantitative estimate of drug-likeness (QED) is 0.895.